The number of hydrogen-bond donors (Lipinski definition) is 1. The molecule has 1 aliphatic carbocycles. The normalized spacial score (nSPS) is 23.6. The fourth-order valence-electron chi connectivity index (χ4n) is 1.90. The summed E-state index contributed by atoms with van der Waals surface area (Å²) in [4.78, 5) is 13.4. The van der Waals surface area contributed by atoms with E-state index in [1.54, 1.807) is 6.92 Å². The van der Waals surface area contributed by atoms with Gasteiger partial charge in [0.2, 0.25) is 5.91 Å². The van der Waals surface area contributed by atoms with Crippen LogP contribution in [0.4, 0.5) is 11.4 Å². The molecule has 3 nitrogen and oxygen atoms in total. The van der Waals surface area contributed by atoms with Crippen molar-refractivity contribution in [2.45, 2.75) is 26.3 Å². The second kappa shape index (κ2) is 3.57. The van der Waals surface area contributed by atoms with Crippen LogP contribution in [0, 0.1) is 5.92 Å². The Morgan fingerprint density at radius 2 is 1.93 bits per heavy atom. The highest BCUT2D eigenvalue weighted by Gasteiger charge is 2.40. The highest BCUT2D eigenvalue weighted by molar-refractivity contribution is 5.92. The zero-order valence-electron chi connectivity index (χ0n) is 9.10. The van der Waals surface area contributed by atoms with Gasteiger partial charge in [-0.15, -0.1) is 0 Å². The zero-order valence-corrected chi connectivity index (χ0v) is 9.10. The molecule has 0 radical (unpaired) electrons. The Bertz CT molecular complexity index is 372. The van der Waals surface area contributed by atoms with Gasteiger partial charge in [-0.05, 0) is 36.6 Å². The topological polar surface area (TPSA) is 46.3 Å². The molecule has 1 amide bonds. The van der Waals surface area contributed by atoms with E-state index in [1.165, 1.54) is 0 Å². The number of anilines is 2. The number of carbonyl (C=O) groups excluding carboxylic acids is 1. The van der Waals surface area contributed by atoms with Gasteiger partial charge in [-0.25, -0.2) is 0 Å². The Hall–Kier alpha value is -1.51. The van der Waals surface area contributed by atoms with Crippen LogP contribution < -0.4 is 10.6 Å². The van der Waals surface area contributed by atoms with Crippen molar-refractivity contribution in [1.29, 1.82) is 0 Å². The third kappa shape index (κ3) is 1.96. The van der Waals surface area contributed by atoms with Crippen molar-refractivity contribution < 1.29 is 4.79 Å². The van der Waals surface area contributed by atoms with Crippen LogP contribution in [0.3, 0.4) is 0 Å². The Morgan fingerprint density at radius 1 is 1.40 bits per heavy atom. The lowest BCUT2D eigenvalue weighted by molar-refractivity contribution is -0.116. The second-order valence-corrected chi connectivity index (χ2v) is 4.26. The third-order valence-corrected chi connectivity index (χ3v) is 2.91. The molecule has 0 saturated heterocycles. The Kier molecular flexibility index (Phi) is 2.39. The Labute approximate surface area is 89.9 Å². The summed E-state index contributed by atoms with van der Waals surface area (Å²) in [5.74, 6) is 0.723. The van der Waals surface area contributed by atoms with Crippen LogP contribution in [0.5, 0.6) is 0 Å². The van der Waals surface area contributed by atoms with E-state index in [2.05, 4.69) is 6.92 Å². The predicted molar refractivity (Wildman–Crippen MR) is 61.6 cm³/mol. The van der Waals surface area contributed by atoms with E-state index in [1.807, 2.05) is 29.2 Å². The van der Waals surface area contributed by atoms with Crippen LogP contribution in [0.1, 0.15) is 20.3 Å². The van der Waals surface area contributed by atoms with E-state index in [-0.39, 0.29) is 5.91 Å². The van der Waals surface area contributed by atoms with Gasteiger partial charge in [0, 0.05) is 24.3 Å². The summed E-state index contributed by atoms with van der Waals surface area (Å²) in [6.45, 7) is 3.78. The first-order chi connectivity index (χ1) is 7.09. The molecule has 15 heavy (non-hydrogen) atoms. The average molecular weight is 204 g/mol. The maximum atomic E-state index is 11.6. The van der Waals surface area contributed by atoms with Crippen LogP contribution in [-0.4, -0.2) is 11.9 Å². The van der Waals surface area contributed by atoms with Crippen LogP contribution in [-0.2, 0) is 4.79 Å². The first kappa shape index (κ1) is 10.0. The Morgan fingerprint density at radius 3 is 2.33 bits per heavy atom. The smallest absolute Gasteiger partial charge is 0.224 e. The molecule has 1 saturated carbocycles. The van der Waals surface area contributed by atoms with Crippen molar-refractivity contribution in [1.82, 2.24) is 0 Å². The molecule has 3 heteroatoms. The van der Waals surface area contributed by atoms with Gasteiger partial charge in [0.15, 0.2) is 0 Å². The monoisotopic (exact) mass is 204 g/mol. The molecule has 2 rings (SSSR count). The minimum absolute atomic E-state index is 0.106. The van der Waals surface area contributed by atoms with Crippen LogP contribution in [0.15, 0.2) is 24.3 Å². The molecule has 1 aliphatic rings. The van der Waals surface area contributed by atoms with Crippen molar-refractivity contribution in [3.8, 4) is 0 Å². The predicted octanol–water partition coefficient (Wildman–Crippen LogP) is 2.03. The largest absolute Gasteiger partial charge is 0.399 e. The quantitative estimate of drug-likeness (QED) is 0.749. The first-order valence-corrected chi connectivity index (χ1v) is 5.25. The number of nitrogens with two attached hydrogens (primary N) is 1. The first-order valence-electron chi connectivity index (χ1n) is 5.25. The Balaban J connectivity index is 2.25. The van der Waals surface area contributed by atoms with Gasteiger partial charge in [-0.2, -0.15) is 0 Å². The van der Waals surface area contributed by atoms with Gasteiger partial charge in [0.1, 0.15) is 0 Å². The highest BCUT2D eigenvalue weighted by atomic mass is 16.2. The number of amides is 1. The molecule has 1 fully saturated rings. The molecule has 1 aromatic carbocycles. The number of carbonyl (C=O) groups is 1. The minimum atomic E-state index is 0.106. The molecule has 2 N–H and O–H groups in total. The fourth-order valence-corrected chi connectivity index (χ4v) is 1.90. The molecule has 1 aromatic rings. The van der Waals surface area contributed by atoms with E-state index in [9.17, 15) is 4.79 Å². The number of nitrogens with zero attached hydrogens (tertiary/aromatic N) is 1. The van der Waals surface area contributed by atoms with E-state index in [0.717, 1.165) is 17.8 Å². The molecule has 0 heterocycles. The fraction of sp³-hybridized carbons (Fsp3) is 0.417. The van der Waals surface area contributed by atoms with Crippen LogP contribution in [0.2, 0.25) is 0 Å². The van der Waals surface area contributed by atoms with Gasteiger partial charge in [0.05, 0.1) is 0 Å². The molecular weight excluding hydrogens is 188 g/mol. The summed E-state index contributed by atoms with van der Waals surface area (Å²) in [6, 6.07) is 7.85. The number of nitrogen functional groups attached to an aromatic ring is 1. The summed E-state index contributed by atoms with van der Waals surface area (Å²) in [6.07, 6.45) is 1.10. The molecule has 0 aliphatic heterocycles. The molecule has 0 aromatic heterocycles. The molecule has 80 valence electrons. The summed E-state index contributed by atoms with van der Waals surface area (Å²) in [5.41, 5.74) is 7.30. The van der Waals surface area contributed by atoms with Crippen LogP contribution in [0.25, 0.3) is 0 Å². The summed E-state index contributed by atoms with van der Waals surface area (Å²) < 4.78 is 0. The maximum Gasteiger partial charge on any atom is 0.224 e. The van der Waals surface area contributed by atoms with Gasteiger partial charge < -0.3 is 10.6 Å². The molecule has 0 bridgehead atoms. The van der Waals surface area contributed by atoms with E-state index >= 15 is 0 Å². The summed E-state index contributed by atoms with van der Waals surface area (Å²) in [5, 5.41) is 0. The molecule has 0 spiro atoms. The van der Waals surface area contributed by atoms with E-state index in [4.69, 9.17) is 5.73 Å². The van der Waals surface area contributed by atoms with Crippen molar-refractivity contribution >= 4 is 17.3 Å². The van der Waals surface area contributed by atoms with Crippen LogP contribution >= 0.6 is 0 Å². The van der Waals surface area contributed by atoms with Crippen molar-refractivity contribution in [2.24, 2.45) is 5.92 Å². The highest BCUT2D eigenvalue weighted by Crippen LogP contribution is 2.38. The average Bonchev–Trinajstić information content (AvgIpc) is 2.86. The molecule has 0 unspecified atom stereocenters. The van der Waals surface area contributed by atoms with Crippen molar-refractivity contribution in [3.63, 3.8) is 0 Å². The lowest BCUT2D eigenvalue weighted by Crippen LogP contribution is -2.31. The number of hydrogen-bond acceptors (Lipinski definition) is 2. The van der Waals surface area contributed by atoms with Gasteiger partial charge >= 0.3 is 0 Å². The molecular formula is C12H16N2O. The second-order valence-electron chi connectivity index (χ2n) is 4.26. The summed E-state index contributed by atoms with van der Waals surface area (Å²) >= 11 is 0. The number of rotatable bonds is 2. The lowest BCUT2D eigenvalue weighted by atomic mass is 10.2. The van der Waals surface area contributed by atoms with Gasteiger partial charge in [0.25, 0.3) is 0 Å². The number of benzene rings is 1. The standard InChI is InChI=1S/C12H16N2O/c1-8-7-12(8)14(9(2)15)11-5-3-10(13)4-6-11/h3-6,8,12H,7,13H2,1-2H3/t8-,12-/m1/s1. The maximum absolute atomic E-state index is 11.6. The van der Waals surface area contributed by atoms with E-state index in [0.29, 0.717) is 12.0 Å². The van der Waals surface area contributed by atoms with Gasteiger partial charge in [-0.1, -0.05) is 6.92 Å². The van der Waals surface area contributed by atoms with E-state index < -0.39 is 0 Å². The third-order valence-electron chi connectivity index (χ3n) is 2.91. The van der Waals surface area contributed by atoms with Gasteiger partial charge in [-0.3, -0.25) is 4.79 Å². The minimum Gasteiger partial charge on any atom is -0.399 e. The SMILES string of the molecule is CC(=O)N(c1ccc(N)cc1)[C@@H]1C[C@H]1C. The lowest BCUT2D eigenvalue weighted by Gasteiger charge is -2.21. The summed E-state index contributed by atoms with van der Waals surface area (Å²) in [7, 11) is 0. The molecule has 2 atom stereocenters. The zero-order chi connectivity index (χ0) is 11.0. The van der Waals surface area contributed by atoms with Crippen molar-refractivity contribution in [2.75, 3.05) is 10.6 Å². The van der Waals surface area contributed by atoms with Crippen molar-refractivity contribution in [3.05, 3.63) is 24.3 Å².